The van der Waals surface area contributed by atoms with E-state index >= 15 is 0 Å². The molecule has 34 heavy (non-hydrogen) atoms. The maximum Gasteiger partial charge on any atom is 0.338 e. The maximum absolute atomic E-state index is 13.2. The standard InChI is InChI=1S/C27H27N3O3S/c1-17-24(26(32)33-2)25(19-10-4-3-5-11-19)30-20(16-34-27(30)28-17)15-23(31)29-22-14-8-12-18-9-6-7-13-21(18)22/h3-7,9-11,13,16,22,25H,8,12,14-15H2,1-2H3,(H,29,31). The number of aryl methyl sites for hydroxylation is 1. The second kappa shape index (κ2) is 9.50. The van der Waals surface area contributed by atoms with E-state index in [1.54, 1.807) is 0 Å². The predicted octanol–water partition coefficient (Wildman–Crippen LogP) is 5.02. The Bertz CT molecular complexity index is 1220. The number of nitrogens with one attached hydrogen (secondary N) is 1. The number of rotatable bonds is 5. The van der Waals surface area contributed by atoms with Crippen LogP contribution in [0.4, 0.5) is 0 Å². The predicted molar refractivity (Wildman–Crippen MR) is 134 cm³/mol. The third-order valence-corrected chi connectivity index (χ3v) is 7.46. The smallest absolute Gasteiger partial charge is 0.338 e. The van der Waals surface area contributed by atoms with E-state index in [0.29, 0.717) is 11.3 Å². The van der Waals surface area contributed by atoms with Crippen LogP contribution in [0.5, 0.6) is 0 Å². The number of nitrogens with zero attached hydrogens (tertiary/aromatic N) is 2. The topological polar surface area (TPSA) is 71.0 Å². The number of carbonyl (C=O) groups excluding carboxylic acids is 2. The fraction of sp³-hybridized carbons (Fsp3) is 0.296. The molecule has 1 N–H and O–H groups in total. The Morgan fingerprint density at radius 1 is 1.15 bits per heavy atom. The molecule has 5 rings (SSSR count). The summed E-state index contributed by atoms with van der Waals surface area (Å²) in [5.41, 5.74) is 5.43. The number of allylic oxidation sites excluding steroid dienone is 1. The Balaban J connectivity index is 1.41. The van der Waals surface area contributed by atoms with Gasteiger partial charge in [0, 0.05) is 5.70 Å². The van der Waals surface area contributed by atoms with Gasteiger partial charge in [0.1, 0.15) is 0 Å². The number of amides is 1. The number of thioether (sulfide) groups is 1. The highest BCUT2D eigenvalue weighted by Crippen LogP contribution is 2.44. The quantitative estimate of drug-likeness (QED) is 0.618. The Kier molecular flexibility index (Phi) is 6.28. The number of hydrogen-bond donors (Lipinski definition) is 1. The Morgan fingerprint density at radius 2 is 1.91 bits per heavy atom. The molecule has 1 aliphatic carbocycles. The number of amidine groups is 1. The molecular formula is C27H27N3O3S. The van der Waals surface area contributed by atoms with Gasteiger partial charge in [0.05, 0.1) is 36.9 Å². The summed E-state index contributed by atoms with van der Waals surface area (Å²) < 4.78 is 5.11. The van der Waals surface area contributed by atoms with Crippen LogP contribution in [0, 0.1) is 0 Å². The summed E-state index contributed by atoms with van der Waals surface area (Å²) in [7, 11) is 1.38. The van der Waals surface area contributed by atoms with Crippen LogP contribution in [0.2, 0.25) is 0 Å². The third kappa shape index (κ3) is 4.16. The van der Waals surface area contributed by atoms with E-state index in [-0.39, 0.29) is 18.4 Å². The highest BCUT2D eigenvalue weighted by atomic mass is 32.2. The van der Waals surface area contributed by atoms with Crippen molar-refractivity contribution in [2.75, 3.05) is 7.11 Å². The van der Waals surface area contributed by atoms with Crippen molar-refractivity contribution in [1.82, 2.24) is 10.2 Å². The number of esters is 1. The van der Waals surface area contributed by atoms with Gasteiger partial charge in [-0.1, -0.05) is 66.4 Å². The molecule has 2 aromatic rings. The van der Waals surface area contributed by atoms with E-state index < -0.39 is 12.0 Å². The lowest BCUT2D eigenvalue weighted by Gasteiger charge is -2.36. The zero-order valence-corrected chi connectivity index (χ0v) is 20.1. The van der Waals surface area contributed by atoms with Crippen molar-refractivity contribution in [1.29, 1.82) is 0 Å². The molecule has 0 aromatic heterocycles. The minimum Gasteiger partial charge on any atom is -0.466 e. The Hall–Kier alpha value is -3.32. The number of benzene rings is 2. The van der Waals surface area contributed by atoms with Crippen LogP contribution >= 0.6 is 11.8 Å². The minimum atomic E-state index is -0.409. The second-order valence-electron chi connectivity index (χ2n) is 8.68. The van der Waals surface area contributed by atoms with E-state index in [9.17, 15) is 9.59 Å². The molecular weight excluding hydrogens is 446 g/mol. The lowest BCUT2D eigenvalue weighted by molar-refractivity contribution is -0.136. The largest absolute Gasteiger partial charge is 0.466 e. The second-order valence-corrected chi connectivity index (χ2v) is 9.52. The highest BCUT2D eigenvalue weighted by molar-refractivity contribution is 8.16. The normalized spacial score (nSPS) is 21.3. The zero-order valence-electron chi connectivity index (χ0n) is 19.3. The maximum atomic E-state index is 13.2. The van der Waals surface area contributed by atoms with Gasteiger partial charge in [-0.05, 0) is 48.3 Å². The van der Waals surface area contributed by atoms with Gasteiger partial charge in [0.25, 0.3) is 0 Å². The van der Waals surface area contributed by atoms with Crippen LogP contribution in [0.1, 0.15) is 55.0 Å². The fourth-order valence-electron chi connectivity index (χ4n) is 5.01. The third-order valence-electron chi connectivity index (χ3n) is 6.57. The Labute approximate surface area is 203 Å². The summed E-state index contributed by atoms with van der Waals surface area (Å²) in [6.45, 7) is 1.83. The molecule has 2 aliphatic heterocycles. The summed E-state index contributed by atoms with van der Waals surface area (Å²) in [4.78, 5) is 32.7. The van der Waals surface area contributed by atoms with E-state index in [1.807, 2.05) is 53.6 Å². The summed E-state index contributed by atoms with van der Waals surface area (Å²) in [6.07, 6.45) is 3.26. The van der Waals surface area contributed by atoms with E-state index in [4.69, 9.17) is 4.74 Å². The number of fused-ring (bicyclic) bond motifs is 2. The van der Waals surface area contributed by atoms with Gasteiger partial charge >= 0.3 is 5.97 Å². The monoisotopic (exact) mass is 473 g/mol. The fourth-order valence-corrected chi connectivity index (χ4v) is 5.97. The van der Waals surface area contributed by atoms with Gasteiger partial charge in [-0.15, -0.1) is 0 Å². The summed E-state index contributed by atoms with van der Waals surface area (Å²) in [6, 6.07) is 17.8. The molecule has 2 aromatic carbocycles. The van der Waals surface area contributed by atoms with Crippen molar-refractivity contribution in [3.05, 3.63) is 93.7 Å². The van der Waals surface area contributed by atoms with Gasteiger partial charge in [0.15, 0.2) is 5.17 Å². The number of methoxy groups -OCH3 is 1. The van der Waals surface area contributed by atoms with Crippen LogP contribution in [0.3, 0.4) is 0 Å². The number of ether oxygens (including phenoxy) is 1. The first-order valence-corrected chi connectivity index (χ1v) is 12.4. The van der Waals surface area contributed by atoms with Gasteiger partial charge < -0.3 is 15.0 Å². The van der Waals surface area contributed by atoms with Crippen molar-refractivity contribution in [2.24, 2.45) is 4.99 Å². The number of hydrogen-bond acceptors (Lipinski definition) is 6. The van der Waals surface area contributed by atoms with Gasteiger partial charge in [-0.2, -0.15) is 0 Å². The van der Waals surface area contributed by atoms with Crippen LogP contribution in [-0.4, -0.2) is 29.1 Å². The average Bonchev–Trinajstić information content (AvgIpc) is 3.25. The van der Waals surface area contributed by atoms with Crippen molar-refractivity contribution in [3.63, 3.8) is 0 Å². The molecule has 7 heteroatoms. The molecule has 6 nitrogen and oxygen atoms in total. The average molecular weight is 474 g/mol. The van der Waals surface area contributed by atoms with Gasteiger partial charge in [0.2, 0.25) is 5.91 Å². The van der Waals surface area contributed by atoms with Gasteiger partial charge in [-0.25, -0.2) is 9.79 Å². The molecule has 0 spiro atoms. The summed E-state index contributed by atoms with van der Waals surface area (Å²) in [5.74, 6) is -0.443. The summed E-state index contributed by atoms with van der Waals surface area (Å²) >= 11 is 1.48. The van der Waals surface area contributed by atoms with Crippen molar-refractivity contribution < 1.29 is 14.3 Å². The molecule has 0 saturated carbocycles. The van der Waals surface area contributed by atoms with Crippen LogP contribution in [0.25, 0.3) is 0 Å². The molecule has 174 valence electrons. The minimum absolute atomic E-state index is 0.0271. The van der Waals surface area contributed by atoms with Crippen molar-refractivity contribution in [3.8, 4) is 0 Å². The molecule has 0 fully saturated rings. The van der Waals surface area contributed by atoms with E-state index in [0.717, 1.165) is 35.7 Å². The molecule has 2 heterocycles. The Morgan fingerprint density at radius 3 is 2.71 bits per heavy atom. The molecule has 1 amide bonds. The van der Waals surface area contributed by atoms with Crippen LogP contribution < -0.4 is 5.32 Å². The van der Waals surface area contributed by atoms with E-state index in [1.165, 1.54) is 30.0 Å². The molecule has 0 saturated heterocycles. The first kappa shape index (κ1) is 22.5. The lowest BCUT2D eigenvalue weighted by atomic mass is 9.87. The molecule has 0 radical (unpaired) electrons. The van der Waals surface area contributed by atoms with Gasteiger partial charge in [-0.3, -0.25) is 4.79 Å². The lowest BCUT2D eigenvalue weighted by Crippen LogP contribution is -2.38. The molecule has 0 bridgehead atoms. The van der Waals surface area contributed by atoms with Crippen LogP contribution in [-0.2, 0) is 20.7 Å². The molecule has 2 unspecified atom stereocenters. The number of carbonyl (C=O) groups is 2. The highest BCUT2D eigenvalue weighted by Gasteiger charge is 2.41. The zero-order chi connectivity index (χ0) is 23.7. The first-order valence-electron chi connectivity index (χ1n) is 11.5. The SMILES string of the molecule is COC(=O)C1=C(C)N=C2SC=C(CC(=O)NC3CCCc4ccccc43)N2C1c1ccccc1. The number of aliphatic imine (C=N–C) groups is 1. The van der Waals surface area contributed by atoms with Crippen molar-refractivity contribution in [2.45, 2.75) is 44.7 Å². The molecule has 3 aliphatic rings. The van der Waals surface area contributed by atoms with Crippen LogP contribution in [0.15, 0.2) is 82.0 Å². The first-order chi connectivity index (χ1) is 16.6. The summed E-state index contributed by atoms with van der Waals surface area (Å²) in [5, 5.41) is 5.98. The van der Waals surface area contributed by atoms with E-state index in [2.05, 4.69) is 28.5 Å². The van der Waals surface area contributed by atoms with Crippen molar-refractivity contribution >= 4 is 28.8 Å². The molecule has 2 atom stereocenters.